The van der Waals surface area contributed by atoms with Crippen LogP contribution in [0, 0.1) is 5.82 Å². The van der Waals surface area contributed by atoms with E-state index in [0.29, 0.717) is 31.8 Å². The Kier molecular flexibility index (Phi) is 5.67. The van der Waals surface area contributed by atoms with E-state index in [0.717, 1.165) is 0 Å². The van der Waals surface area contributed by atoms with Crippen molar-refractivity contribution >= 4 is 11.6 Å². The molecule has 1 aromatic carbocycles. The fraction of sp³-hybridized carbons (Fsp3) is 0.533. The van der Waals surface area contributed by atoms with Crippen molar-refractivity contribution in [3.63, 3.8) is 0 Å². The summed E-state index contributed by atoms with van der Waals surface area (Å²) in [6.45, 7) is 3.76. The number of amides is 1. The highest BCUT2D eigenvalue weighted by Crippen LogP contribution is 2.13. The number of aliphatic hydroxyl groups excluding tert-OH is 1. The van der Waals surface area contributed by atoms with Gasteiger partial charge in [0, 0.05) is 31.2 Å². The van der Waals surface area contributed by atoms with Crippen LogP contribution in [0.4, 0.5) is 10.1 Å². The second kappa shape index (κ2) is 7.49. The van der Waals surface area contributed by atoms with Crippen LogP contribution in [0.25, 0.3) is 0 Å². The van der Waals surface area contributed by atoms with Gasteiger partial charge in [0.15, 0.2) is 0 Å². The number of carbonyl (C=O) groups is 1. The van der Waals surface area contributed by atoms with Crippen molar-refractivity contribution in [3.05, 3.63) is 30.1 Å². The topological polar surface area (TPSA) is 61.8 Å². The summed E-state index contributed by atoms with van der Waals surface area (Å²) in [7, 11) is 0. The maximum absolute atomic E-state index is 13.0. The molecule has 0 bridgehead atoms. The molecule has 1 amide bonds. The van der Waals surface area contributed by atoms with E-state index in [1.165, 1.54) is 12.1 Å². The van der Waals surface area contributed by atoms with Crippen LogP contribution < -0.4 is 5.32 Å². The zero-order valence-electron chi connectivity index (χ0n) is 12.1. The molecule has 1 aliphatic rings. The summed E-state index contributed by atoms with van der Waals surface area (Å²) in [5, 5.41) is 11.8. The molecular formula is C15H21FN2O3. The molecule has 5 nitrogen and oxygen atoms in total. The molecule has 0 aromatic heterocycles. The van der Waals surface area contributed by atoms with Gasteiger partial charge in [-0.15, -0.1) is 0 Å². The van der Waals surface area contributed by atoms with Gasteiger partial charge in [-0.05, 0) is 25.1 Å². The molecule has 2 N–H and O–H groups in total. The van der Waals surface area contributed by atoms with Gasteiger partial charge in [-0.1, -0.05) is 6.07 Å². The summed E-state index contributed by atoms with van der Waals surface area (Å²) >= 11 is 0. The van der Waals surface area contributed by atoms with E-state index in [1.54, 1.807) is 12.1 Å². The number of halogens is 1. The normalized spacial score (nSPS) is 23.0. The van der Waals surface area contributed by atoms with Gasteiger partial charge in [-0.2, -0.15) is 0 Å². The van der Waals surface area contributed by atoms with Crippen molar-refractivity contribution in [2.75, 3.05) is 31.6 Å². The Morgan fingerprint density at radius 3 is 3.10 bits per heavy atom. The average molecular weight is 296 g/mol. The molecule has 2 rings (SSSR count). The van der Waals surface area contributed by atoms with Crippen LogP contribution in [0.15, 0.2) is 24.3 Å². The largest absolute Gasteiger partial charge is 0.394 e. The van der Waals surface area contributed by atoms with Crippen molar-refractivity contribution in [2.24, 2.45) is 0 Å². The Bertz CT molecular complexity index is 484. The summed E-state index contributed by atoms with van der Waals surface area (Å²) in [5.74, 6) is -0.528. The first-order chi connectivity index (χ1) is 10.1. The quantitative estimate of drug-likeness (QED) is 0.858. The van der Waals surface area contributed by atoms with Crippen LogP contribution in [0.2, 0.25) is 0 Å². The Morgan fingerprint density at radius 2 is 2.38 bits per heavy atom. The summed E-state index contributed by atoms with van der Waals surface area (Å²) in [6.07, 6.45) is 0.131. The highest BCUT2D eigenvalue weighted by molar-refractivity contribution is 5.90. The number of benzene rings is 1. The number of anilines is 1. The number of hydrogen-bond donors (Lipinski definition) is 2. The summed E-state index contributed by atoms with van der Waals surface area (Å²) in [5.41, 5.74) is 0.461. The van der Waals surface area contributed by atoms with Crippen LogP contribution in [0.3, 0.4) is 0 Å². The maximum atomic E-state index is 13.0. The van der Waals surface area contributed by atoms with Gasteiger partial charge in [0.25, 0.3) is 0 Å². The summed E-state index contributed by atoms with van der Waals surface area (Å²) < 4.78 is 18.5. The van der Waals surface area contributed by atoms with Gasteiger partial charge < -0.3 is 15.2 Å². The number of carbonyl (C=O) groups excluding carboxylic acids is 1. The van der Waals surface area contributed by atoms with E-state index in [2.05, 4.69) is 10.2 Å². The molecule has 1 aliphatic heterocycles. The first-order valence-corrected chi connectivity index (χ1v) is 7.10. The predicted molar refractivity (Wildman–Crippen MR) is 77.5 cm³/mol. The van der Waals surface area contributed by atoms with Gasteiger partial charge in [0.1, 0.15) is 5.82 Å². The Labute approximate surface area is 123 Å². The van der Waals surface area contributed by atoms with E-state index in [1.807, 2.05) is 6.92 Å². The number of rotatable bonds is 5. The van der Waals surface area contributed by atoms with Crippen molar-refractivity contribution < 1.29 is 19.0 Å². The number of aliphatic hydroxyl groups is 1. The lowest BCUT2D eigenvalue weighted by molar-refractivity contribution is -0.118. The van der Waals surface area contributed by atoms with Gasteiger partial charge in [-0.25, -0.2) is 4.39 Å². The third kappa shape index (κ3) is 4.77. The summed E-state index contributed by atoms with van der Waals surface area (Å²) in [6, 6.07) is 6.05. The van der Waals surface area contributed by atoms with Crippen molar-refractivity contribution in [1.29, 1.82) is 0 Å². The molecule has 0 radical (unpaired) electrons. The minimum Gasteiger partial charge on any atom is -0.394 e. The minimum absolute atomic E-state index is 0.0152. The Balaban J connectivity index is 1.80. The molecule has 2 atom stereocenters. The van der Waals surface area contributed by atoms with Crippen molar-refractivity contribution in [1.82, 2.24) is 4.90 Å². The zero-order chi connectivity index (χ0) is 15.2. The molecular weight excluding hydrogens is 275 g/mol. The molecule has 116 valence electrons. The first-order valence-electron chi connectivity index (χ1n) is 7.10. The zero-order valence-corrected chi connectivity index (χ0v) is 12.1. The SMILES string of the molecule is CC1COC(CO)CN1CCC(=O)Nc1cccc(F)c1. The molecule has 1 saturated heterocycles. The van der Waals surface area contributed by atoms with Crippen LogP contribution in [0.5, 0.6) is 0 Å². The molecule has 0 aliphatic carbocycles. The number of nitrogens with one attached hydrogen (secondary N) is 1. The molecule has 0 saturated carbocycles. The monoisotopic (exact) mass is 296 g/mol. The molecule has 1 fully saturated rings. The molecule has 2 unspecified atom stereocenters. The first kappa shape index (κ1) is 15.9. The van der Waals surface area contributed by atoms with E-state index in [4.69, 9.17) is 9.84 Å². The van der Waals surface area contributed by atoms with Crippen LogP contribution in [-0.4, -0.2) is 54.4 Å². The second-order valence-corrected chi connectivity index (χ2v) is 5.29. The van der Waals surface area contributed by atoms with Crippen molar-refractivity contribution in [2.45, 2.75) is 25.5 Å². The van der Waals surface area contributed by atoms with Crippen LogP contribution >= 0.6 is 0 Å². The lowest BCUT2D eigenvalue weighted by Crippen LogP contribution is -2.50. The molecule has 6 heteroatoms. The third-order valence-corrected chi connectivity index (χ3v) is 3.57. The Morgan fingerprint density at radius 1 is 1.57 bits per heavy atom. The smallest absolute Gasteiger partial charge is 0.225 e. The lowest BCUT2D eigenvalue weighted by Gasteiger charge is -2.37. The second-order valence-electron chi connectivity index (χ2n) is 5.29. The third-order valence-electron chi connectivity index (χ3n) is 3.57. The number of nitrogens with zero attached hydrogens (tertiary/aromatic N) is 1. The highest BCUT2D eigenvalue weighted by Gasteiger charge is 2.25. The molecule has 1 aromatic rings. The fourth-order valence-corrected chi connectivity index (χ4v) is 2.33. The van der Waals surface area contributed by atoms with Gasteiger partial charge in [-0.3, -0.25) is 9.69 Å². The van der Waals surface area contributed by atoms with E-state index in [-0.39, 0.29) is 30.5 Å². The molecule has 21 heavy (non-hydrogen) atoms. The van der Waals surface area contributed by atoms with E-state index in [9.17, 15) is 9.18 Å². The maximum Gasteiger partial charge on any atom is 0.225 e. The van der Waals surface area contributed by atoms with Crippen LogP contribution in [0.1, 0.15) is 13.3 Å². The van der Waals surface area contributed by atoms with E-state index >= 15 is 0 Å². The average Bonchev–Trinajstić information content (AvgIpc) is 2.46. The Hall–Kier alpha value is -1.50. The lowest BCUT2D eigenvalue weighted by atomic mass is 10.2. The van der Waals surface area contributed by atoms with Crippen molar-refractivity contribution in [3.8, 4) is 0 Å². The highest BCUT2D eigenvalue weighted by atomic mass is 19.1. The predicted octanol–water partition coefficient (Wildman–Crippen LogP) is 1.24. The molecule has 1 heterocycles. The standard InChI is InChI=1S/C15H21FN2O3/c1-11-10-21-14(9-19)8-18(11)6-5-15(20)17-13-4-2-3-12(16)7-13/h2-4,7,11,14,19H,5-6,8-10H2,1H3,(H,17,20). The van der Waals surface area contributed by atoms with Crippen LogP contribution in [-0.2, 0) is 9.53 Å². The number of hydrogen-bond acceptors (Lipinski definition) is 4. The van der Waals surface area contributed by atoms with E-state index < -0.39 is 0 Å². The fourth-order valence-electron chi connectivity index (χ4n) is 2.33. The van der Waals surface area contributed by atoms with Gasteiger partial charge in [0.05, 0.1) is 19.3 Å². The molecule has 0 spiro atoms. The minimum atomic E-state index is -0.375. The van der Waals surface area contributed by atoms with Gasteiger partial charge in [0.2, 0.25) is 5.91 Å². The van der Waals surface area contributed by atoms with Gasteiger partial charge >= 0.3 is 0 Å². The summed E-state index contributed by atoms with van der Waals surface area (Å²) in [4.78, 5) is 14.0. The number of ether oxygens (including phenoxy) is 1. The number of morpholine rings is 1.